The van der Waals surface area contributed by atoms with Crippen LogP contribution in [-0.2, 0) is 6.42 Å². The number of aromatic nitrogens is 2. The SMILES string of the molecule is CCCc1c(N)nc(C)nc1Cl. The molecule has 0 aliphatic carbocycles. The lowest BCUT2D eigenvalue weighted by atomic mass is 10.2. The zero-order chi connectivity index (χ0) is 9.14. The molecule has 0 spiro atoms. The highest BCUT2D eigenvalue weighted by molar-refractivity contribution is 6.30. The van der Waals surface area contributed by atoms with Crippen LogP contribution in [0.3, 0.4) is 0 Å². The molecule has 1 aromatic rings. The largest absolute Gasteiger partial charge is 0.383 e. The fourth-order valence-electron chi connectivity index (χ4n) is 1.06. The van der Waals surface area contributed by atoms with Crippen molar-refractivity contribution in [2.45, 2.75) is 26.7 Å². The first kappa shape index (κ1) is 9.26. The van der Waals surface area contributed by atoms with Crippen molar-refractivity contribution in [2.75, 3.05) is 5.73 Å². The Balaban J connectivity index is 3.10. The topological polar surface area (TPSA) is 51.8 Å². The van der Waals surface area contributed by atoms with Gasteiger partial charge in [-0.1, -0.05) is 24.9 Å². The van der Waals surface area contributed by atoms with Crippen LogP contribution >= 0.6 is 11.6 Å². The van der Waals surface area contributed by atoms with E-state index in [1.165, 1.54) is 0 Å². The second kappa shape index (κ2) is 3.72. The Bertz CT molecular complexity index is 263. The molecule has 1 aromatic heterocycles. The Morgan fingerprint density at radius 2 is 2.08 bits per heavy atom. The van der Waals surface area contributed by atoms with E-state index in [4.69, 9.17) is 17.3 Å². The molecule has 3 nitrogen and oxygen atoms in total. The molecular weight excluding hydrogens is 174 g/mol. The summed E-state index contributed by atoms with van der Waals surface area (Å²) in [4.78, 5) is 8.06. The van der Waals surface area contributed by atoms with E-state index >= 15 is 0 Å². The molecule has 0 bridgehead atoms. The van der Waals surface area contributed by atoms with Gasteiger partial charge in [-0.15, -0.1) is 0 Å². The molecule has 0 radical (unpaired) electrons. The molecule has 0 aliphatic heterocycles. The fraction of sp³-hybridized carbons (Fsp3) is 0.500. The van der Waals surface area contributed by atoms with Gasteiger partial charge in [-0.2, -0.15) is 0 Å². The predicted molar refractivity (Wildman–Crippen MR) is 50.2 cm³/mol. The van der Waals surface area contributed by atoms with E-state index in [0.717, 1.165) is 18.4 Å². The number of aryl methyl sites for hydroxylation is 1. The van der Waals surface area contributed by atoms with Crippen molar-refractivity contribution in [3.63, 3.8) is 0 Å². The third kappa shape index (κ3) is 1.85. The van der Waals surface area contributed by atoms with Crippen LogP contribution in [-0.4, -0.2) is 9.97 Å². The molecular formula is C8H12ClN3. The van der Waals surface area contributed by atoms with Crippen molar-refractivity contribution >= 4 is 17.4 Å². The number of anilines is 1. The second-order valence-electron chi connectivity index (χ2n) is 2.68. The Kier molecular flexibility index (Phi) is 2.87. The van der Waals surface area contributed by atoms with Gasteiger partial charge in [0, 0.05) is 5.56 Å². The minimum absolute atomic E-state index is 0.488. The van der Waals surface area contributed by atoms with E-state index in [1.807, 2.05) is 0 Å². The molecule has 0 fully saturated rings. The summed E-state index contributed by atoms with van der Waals surface area (Å²) >= 11 is 5.88. The van der Waals surface area contributed by atoms with E-state index in [2.05, 4.69) is 16.9 Å². The summed E-state index contributed by atoms with van der Waals surface area (Å²) in [5.74, 6) is 1.13. The lowest BCUT2D eigenvalue weighted by molar-refractivity contribution is 0.896. The highest BCUT2D eigenvalue weighted by atomic mass is 35.5. The maximum absolute atomic E-state index is 5.88. The average Bonchev–Trinajstić information content (AvgIpc) is 1.96. The van der Waals surface area contributed by atoms with Crippen LogP contribution in [0.2, 0.25) is 5.15 Å². The number of rotatable bonds is 2. The summed E-state index contributed by atoms with van der Waals surface area (Å²) in [6.45, 7) is 3.84. The Morgan fingerprint density at radius 3 is 2.58 bits per heavy atom. The Labute approximate surface area is 77.0 Å². The van der Waals surface area contributed by atoms with E-state index in [-0.39, 0.29) is 0 Å². The van der Waals surface area contributed by atoms with E-state index in [9.17, 15) is 0 Å². The molecule has 0 atom stereocenters. The van der Waals surface area contributed by atoms with Gasteiger partial charge in [-0.05, 0) is 13.3 Å². The molecule has 2 N–H and O–H groups in total. The monoisotopic (exact) mass is 185 g/mol. The standard InChI is InChI=1S/C8H12ClN3/c1-3-4-6-7(9)11-5(2)12-8(6)10/h3-4H2,1-2H3,(H2,10,11,12). The summed E-state index contributed by atoms with van der Waals surface area (Å²) in [6, 6.07) is 0. The van der Waals surface area contributed by atoms with E-state index in [0.29, 0.717) is 16.8 Å². The van der Waals surface area contributed by atoms with Crippen molar-refractivity contribution < 1.29 is 0 Å². The third-order valence-electron chi connectivity index (χ3n) is 1.60. The first-order valence-corrected chi connectivity index (χ1v) is 4.31. The summed E-state index contributed by atoms with van der Waals surface area (Å²) in [5, 5.41) is 0.488. The number of hydrogen-bond acceptors (Lipinski definition) is 3. The molecule has 0 aliphatic rings. The second-order valence-corrected chi connectivity index (χ2v) is 3.03. The first-order valence-electron chi connectivity index (χ1n) is 3.93. The van der Waals surface area contributed by atoms with Crippen LogP contribution in [0.25, 0.3) is 0 Å². The zero-order valence-corrected chi connectivity index (χ0v) is 8.02. The van der Waals surface area contributed by atoms with Crippen LogP contribution in [0.4, 0.5) is 5.82 Å². The van der Waals surface area contributed by atoms with Gasteiger partial charge in [0.05, 0.1) is 0 Å². The molecule has 4 heteroatoms. The summed E-state index contributed by atoms with van der Waals surface area (Å²) < 4.78 is 0. The third-order valence-corrected chi connectivity index (χ3v) is 1.91. The molecule has 1 rings (SSSR count). The van der Waals surface area contributed by atoms with Gasteiger partial charge in [-0.25, -0.2) is 9.97 Å². The van der Waals surface area contributed by atoms with Gasteiger partial charge >= 0.3 is 0 Å². The maximum Gasteiger partial charge on any atom is 0.138 e. The normalized spacial score (nSPS) is 10.2. The number of nitrogens with zero attached hydrogens (tertiary/aromatic N) is 2. The minimum Gasteiger partial charge on any atom is -0.383 e. The zero-order valence-electron chi connectivity index (χ0n) is 7.26. The van der Waals surface area contributed by atoms with Crippen LogP contribution < -0.4 is 5.73 Å². The van der Waals surface area contributed by atoms with Crippen molar-refractivity contribution in [1.82, 2.24) is 9.97 Å². The highest BCUT2D eigenvalue weighted by Crippen LogP contribution is 2.19. The summed E-state index contributed by atoms with van der Waals surface area (Å²) in [5.41, 5.74) is 6.54. The highest BCUT2D eigenvalue weighted by Gasteiger charge is 2.07. The van der Waals surface area contributed by atoms with Gasteiger partial charge in [0.2, 0.25) is 0 Å². The molecule has 12 heavy (non-hydrogen) atoms. The Hall–Kier alpha value is -0.830. The maximum atomic E-state index is 5.88. The van der Waals surface area contributed by atoms with E-state index in [1.54, 1.807) is 6.92 Å². The number of nitrogen functional groups attached to an aromatic ring is 1. The summed E-state index contributed by atoms with van der Waals surface area (Å²) in [6.07, 6.45) is 1.83. The molecule has 0 unspecified atom stereocenters. The van der Waals surface area contributed by atoms with E-state index < -0.39 is 0 Å². The predicted octanol–water partition coefficient (Wildman–Crippen LogP) is 1.97. The molecule has 66 valence electrons. The number of hydrogen-bond donors (Lipinski definition) is 1. The Morgan fingerprint density at radius 1 is 1.42 bits per heavy atom. The first-order chi connectivity index (χ1) is 5.65. The molecule has 0 saturated heterocycles. The van der Waals surface area contributed by atoms with Gasteiger partial charge < -0.3 is 5.73 Å². The molecule has 1 heterocycles. The fourth-order valence-corrected chi connectivity index (χ4v) is 1.38. The molecule has 0 amide bonds. The van der Waals surface area contributed by atoms with Crippen LogP contribution in [0.15, 0.2) is 0 Å². The van der Waals surface area contributed by atoms with Crippen LogP contribution in [0, 0.1) is 6.92 Å². The quantitative estimate of drug-likeness (QED) is 0.717. The van der Waals surface area contributed by atoms with Gasteiger partial charge in [0.1, 0.15) is 16.8 Å². The van der Waals surface area contributed by atoms with Crippen LogP contribution in [0.5, 0.6) is 0 Å². The molecule has 0 aromatic carbocycles. The van der Waals surface area contributed by atoms with Crippen LogP contribution in [0.1, 0.15) is 24.7 Å². The van der Waals surface area contributed by atoms with Gasteiger partial charge in [-0.3, -0.25) is 0 Å². The van der Waals surface area contributed by atoms with Gasteiger partial charge in [0.25, 0.3) is 0 Å². The number of halogens is 1. The smallest absolute Gasteiger partial charge is 0.138 e. The lowest BCUT2D eigenvalue weighted by Crippen LogP contribution is -2.02. The van der Waals surface area contributed by atoms with Gasteiger partial charge in [0.15, 0.2) is 0 Å². The van der Waals surface area contributed by atoms with Crippen molar-refractivity contribution in [3.05, 3.63) is 16.5 Å². The van der Waals surface area contributed by atoms with Crippen molar-refractivity contribution in [2.24, 2.45) is 0 Å². The number of nitrogens with two attached hydrogens (primary N) is 1. The average molecular weight is 186 g/mol. The lowest BCUT2D eigenvalue weighted by Gasteiger charge is -2.05. The molecule has 0 saturated carbocycles. The van der Waals surface area contributed by atoms with Crippen molar-refractivity contribution in [1.29, 1.82) is 0 Å². The minimum atomic E-state index is 0.488. The summed E-state index contributed by atoms with van der Waals surface area (Å²) in [7, 11) is 0. The van der Waals surface area contributed by atoms with Crippen molar-refractivity contribution in [3.8, 4) is 0 Å².